The van der Waals surface area contributed by atoms with Crippen LogP contribution < -0.4 is 0 Å². The summed E-state index contributed by atoms with van der Waals surface area (Å²) in [7, 11) is -3.89. The minimum Gasteiger partial charge on any atom is -0.507 e. The molecule has 10 heteroatoms. The predicted molar refractivity (Wildman–Crippen MR) is 135 cm³/mol. The number of amides is 1. The number of aromatic hydroxyl groups is 1. The van der Waals surface area contributed by atoms with Crippen LogP contribution in [-0.4, -0.2) is 67.5 Å². The van der Waals surface area contributed by atoms with Crippen LogP contribution in [0.1, 0.15) is 21.5 Å². The highest BCUT2D eigenvalue weighted by Gasteiger charge is 2.28. The van der Waals surface area contributed by atoms with Crippen molar-refractivity contribution in [2.24, 2.45) is 0 Å². The molecule has 0 bridgehead atoms. The van der Waals surface area contributed by atoms with Crippen LogP contribution in [0.25, 0.3) is 0 Å². The van der Waals surface area contributed by atoms with Crippen molar-refractivity contribution in [3.8, 4) is 5.75 Å². The average molecular weight is 525 g/mol. The number of phenolic OH excluding ortho intramolecular Hbond substituents is 1. The van der Waals surface area contributed by atoms with Crippen molar-refractivity contribution >= 4 is 21.9 Å². The summed E-state index contributed by atoms with van der Waals surface area (Å²) in [5.41, 5.74) is 1.49. The zero-order chi connectivity index (χ0) is 26.3. The summed E-state index contributed by atoms with van der Waals surface area (Å²) in [6.07, 6.45) is 0. The number of hydrogen-bond donors (Lipinski definition) is 1. The fourth-order valence-electron chi connectivity index (χ4n) is 3.91. The maximum Gasteiger partial charge on any atom is 0.342 e. The number of nitrogens with zero attached hydrogens (tertiary/aromatic N) is 2. The molecule has 1 fully saturated rings. The lowest BCUT2D eigenvalue weighted by atomic mass is 10.1. The number of hydrogen-bond acceptors (Lipinski definition) is 7. The highest BCUT2D eigenvalue weighted by atomic mass is 32.2. The van der Waals surface area contributed by atoms with Gasteiger partial charge < -0.3 is 19.5 Å². The van der Waals surface area contributed by atoms with E-state index in [4.69, 9.17) is 9.47 Å². The number of sulfonamides is 1. The van der Waals surface area contributed by atoms with Crippen LogP contribution in [0.15, 0.2) is 83.8 Å². The highest BCUT2D eigenvalue weighted by Crippen LogP contribution is 2.25. The Hall–Kier alpha value is -3.73. The quantitative estimate of drug-likeness (QED) is 0.428. The molecular formula is C27H28N2O7S. The van der Waals surface area contributed by atoms with Crippen molar-refractivity contribution in [1.29, 1.82) is 0 Å². The summed E-state index contributed by atoms with van der Waals surface area (Å²) in [5.74, 6) is -1.87. The first kappa shape index (κ1) is 26.3. The number of carbonyl (C=O) groups excluding carboxylic acids is 2. The fraction of sp³-hybridized carbons (Fsp3) is 0.259. The monoisotopic (exact) mass is 524 g/mol. The van der Waals surface area contributed by atoms with Gasteiger partial charge in [-0.2, -0.15) is 4.31 Å². The number of ether oxygens (including phenoxy) is 2. The minimum absolute atomic E-state index is 0.153. The Morgan fingerprint density at radius 3 is 2.03 bits per heavy atom. The summed E-state index contributed by atoms with van der Waals surface area (Å²) in [5, 5.41) is 10.2. The molecule has 3 aromatic carbocycles. The van der Waals surface area contributed by atoms with E-state index in [0.29, 0.717) is 13.1 Å². The van der Waals surface area contributed by atoms with Crippen LogP contribution in [0.2, 0.25) is 0 Å². The largest absolute Gasteiger partial charge is 0.507 e. The lowest BCUT2D eigenvalue weighted by molar-refractivity contribution is -0.135. The van der Waals surface area contributed by atoms with Gasteiger partial charge in [0.1, 0.15) is 11.3 Å². The topological polar surface area (TPSA) is 113 Å². The molecule has 0 saturated carbocycles. The van der Waals surface area contributed by atoms with Crippen LogP contribution in [0.4, 0.5) is 0 Å². The van der Waals surface area contributed by atoms with Gasteiger partial charge in [-0.3, -0.25) is 4.79 Å². The first-order valence-corrected chi connectivity index (χ1v) is 13.2. The molecule has 0 spiro atoms. The first-order chi connectivity index (χ1) is 17.8. The van der Waals surface area contributed by atoms with Crippen LogP contribution >= 0.6 is 0 Å². The number of carbonyl (C=O) groups is 2. The van der Waals surface area contributed by atoms with Gasteiger partial charge in [0.15, 0.2) is 6.61 Å². The zero-order valence-corrected chi connectivity index (χ0v) is 21.0. The standard InChI is InChI=1S/C27H28N2O7S/c30-25-12-11-23(37(33,34)29-13-15-35-16-14-29)17-24(25)27(32)36-20-26(31)28(18-21-7-3-1-4-8-21)19-22-9-5-2-6-10-22/h1-12,17,30H,13-16,18-20H2. The summed E-state index contributed by atoms with van der Waals surface area (Å²) in [4.78, 5) is 27.3. The third-order valence-corrected chi connectivity index (χ3v) is 7.80. The zero-order valence-electron chi connectivity index (χ0n) is 20.2. The number of morpholine rings is 1. The van der Waals surface area contributed by atoms with E-state index >= 15 is 0 Å². The summed E-state index contributed by atoms with van der Waals surface area (Å²) >= 11 is 0. The van der Waals surface area contributed by atoms with Gasteiger partial charge in [-0.15, -0.1) is 0 Å². The molecule has 1 amide bonds. The second-order valence-corrected chi connectivity index (χ2v) is 10.4. The summed E-state index contributed by atoms with van der Waals surface area (Å²) in [6, 6.07) is 22.3. The third-order valence-electron chi connectivity index (χ3n) is 5.91. The van der Waals surface area contributed by atoms with Crippen molar-refractivity contribution in [3.63, 3.8) is 0 Å². The molecule has 1 heterocycles. The molecule has 0 aromatic heterocycles. The average Bonchev–Trinajstić information content (AvgIpc) is 2.93. The second-order valence-electron chi connectivity index (χ2n) is 8.49. The van der Waals surface area contributed by atoms with Crippen molar-refractivity contribution in [2.75, 3.05) is 32.9 Å². The first-order valence-electron chi connectivity index (χ1n) is 11.8. The lowest BCUT2D eigenvalue weighted by Crippen LogP contribution is -2.40. The van der Waals surface area contributed by atoms with E-state index in [1.54, 1.807) is 4.90 Å². The van der Waals surface area contributed by atoms with Crippen molar-refractivity contribution in [3.05, 3.63) is 95.6 Å². The van der Waals surface area contributed by atoms with Crippen LogP contribution in [-0.2, 0) is 37.4 Å². The predicted octanol–water partition coefficient (Wildman–Crippen LogP) is 2.80. The van der Waals surface area contributed by atoms with Gasteiger partial charge in [-0.25, -0.2) is 13.2 Å². The minimum atomic E-state index is -3.89. The maximum atomic E-state index is 13.1. The molecule has 3 aromatic rings. The Morgan fingerprint density at radius 1 is 0.892 bits per heavy atom. The molecule has 1 N–H and O–H groups in total. The molecule has 1 saturated heterocycles. The van der Waals surface area contributed by atoms with Crippen LogP contribution in [0, 0.1) is 0 Å². The van der Waals surface area contributed by atoms with E-state index in [2.05, 4.69) is 0 Å². The lowest BCUT2D eigenvalue weighted by Gasteiger charge is -2.26. The molecule has 0 atom stereocenters. The molecule has 37 heavy (non-hydrogen) atoms. The molecule has 1 aliphatic rings. The molecule has 4 rings (SSSR count). The molecule has 194 valence electrons. The number of esters is 1. The second kappa shape index (κ2) is 12.0. The van der Waals surface area contributed by atoms with Gasteiger partial charge in [-0.1, -0.05) is 60.7 Å². The van der Waals surface area contributed by atoms with Gasteiger partial charge in [-0.05, 0) is 29.3 Å². The van der Waals surface area contributed by atoms with E-state index in [9.17, 15) is 23.1 Å². The van der Waals surface area contributed by atoms with E-state index in [0.717, 1.165) is 23.3 Å². The van der Waals surface area contributed by atoms with Crippen LogP contribution in [0.3, 0.4) is 0 Å². The Labute approximate surface area is 215 Å². The molecular weight excluding hydrogens is 496 g/mol. The van der Waals surface area contributed by atoms with E-state index in [1.165, 1.54) is 10.4 Å². The molecule has 9 nitrogen and oxygen atoms in total. The highest BCUT2D eigenvalue weighted by molar-refractivity contribution is 7.89. The molecule has 0 unspecified atom stereocenters. The van der Waals surface area contributed by atoms with Crippen molar-refractivity contribution in [1.82, 2.24) is 9.21 Å². The Balaban J connectivity index is 1.47. The van der Waals surface area contributed by atoms with Crippen molar-refractivity contribution in [2.45, 2.75) is 18.0 Å². The SMILES string of the molecule is O=C(OCC(=O)N(Cc1ccccc1)Cc1ccccc1)c1cc(S(=O)(=O)N2CCOCC2)ccc1O. The van der Waals surface area contributed by atoms with Gasteiger partial charge in [0.25, 0.3) is 5.91 Å². The van der Waals surface area contributed by atoms with Gasteiger partial charge >= 0.3 is 5.97 Å². The number of phenols is 1. The third kappa shape index (κ3) is 6.73. The normalized spacial score (nSPS) is 14.2. The van der Waals surface area contributed by atoms with Crippen molar-refractivity contribution < 1.29 is 32.6 Å². The van der Waals surface area contributed by atoms with Gasteiger partial charge in [0.05, 0.1) is 18.1 Å². The number of benzene rings is 3. The number of rotatable bonds is 9. The Bertz CT molecular complexity index is 1280. The van der Waals surface area contributed by atoms with Gasteiger partial charge in [0, 0.05) is 26.2 Å². The van der Waals surface area contributed by atoms with Crippen LogP contribution in [0.5, 0.6) is 5.75 Å². The molecule has 1 aliphatic heterocycles. The summed E-state index contributed by atoms with van der Waals surface area (Å²) < 4.78 is 37.6. The van der Waals surface area contributed by atoms with E-state index < -0.39 is 34.3 Å². The molecule has 0 radical (unpaired) electrons. The smallest absolute Gasteiger partial charge is 0.342 e. The fourth-order valence-corrected chi connectivity index (χ4v) is 5.35. The van der Waals surface area contributed by atoms with Gasteiger partial charge in [0.2, 0.25) is 10.0 Å². The Kier molecular flexibility index (Phi) is 8.54. The maximum absolute atomic E-state index is 13.1. The summed E-state index contributed by atoms with van der Waals surface area (Å²) in [6.45, 7) is 0.980. The molecule has 0 aliphatic carbocycles. The van der Waals surface area contributed by atoms with E-state index in [-0.39, 0.29) is 36.8 Å². The van der Waals surface area contributed by atoms with E-state index in [1.807, 2.05) is 60.7 Å². The Morgan fingerprint density at radius 2 is 1.46 bits per heavy atom.